The molecule has 0 aliphatic carbocycles. The topological polar surface area (TPSA) is 88.7 Å². The fraction of sp³-hybridized carbons (Fsp3) is 0.333. The lowest BCUT2D eigenvalue weighted by molar-refractivity contribution is -0.121. The molecule has 2 aromatic rings. The molecule has 29 heavy (non-hydrogen) atoms. The van der Waals surface area contributed by atoms with Gasteiger partial charge in [-0.3, -0.25) is 4.79 Å². The quantitative estimate of drug-likeness (QED) is 0.495. The van der Waals surface area contributed by atoms with E-state index in [9.17, 15) is 9.59 Å². The first kappa shape index (κ1) is 22.5. The van der Waals surface area contributed by atoms with Gasteiger partial charge in [-0.05, 0) is 48.4 Å². The number of urea groups is 1. The van der Waals surface area contributed by atoms with Crippen molar-refractivity contribution in [2.75, 3.05) is 25.6 Å². The summed E-state index contributed by atoms with van der Waals surface area (Å²) in [4.78, 5) is 23.9. The number of anilines is 1. The summed E-state index contributed by atoms with van der Waals surface area (Å²) in [5.41, 5.74) is 1.58. The van der Waals surface area contributed by atoms with Crippen LogP contribution in [0.3, 0.4) is 0 Å². The van der Waals surface area contributed by atoms with Gasteiger partial charge in [0.1, 0.15) is 0 Å². The average molecular weight is 464 g/mol. The minimum atomic E-state index is -0.354. The average Bonchev–Trinajstić information content (AvgIpc) is 2.72. The van der Waals surface area contributed by atoms with Crippen molar-refractivity contribution in [1.29, 1.82) is 0 Å². The molecular weight excluding hydrogens is 438 g/mol. The van der Waals surface area contributed by atoms with Crippen molar-refractivity contribution in [1.82, 2.24) is 10.6 Å². The zero-order valence-corrected chi connectivity index (χ0v) is 18.2. The van der Waals surface area contributed by atoms with Crippen molar-refractivity contribution >= 4 is 33.6 Å². The Morgan fingerprint density at radius 2 is 1.79 bits per heavy atom. The first-order valence-electron chi connectivity index (χ1n) is 9.38. The van der Waals surface area contributed by atoms with Gasteiger partial charge in [0, 0.05) is 29.7 Å². The number of carbonyl (C=O) groups excluding carboxylic acids is 2. The summed E-state index contributed by atoms with van der Waals surface area (Å²) in [5.74, 6) is 1.17. The fourth-order valence-electron chi connectivity index (χ4n) is 2.44. The molecule has 0 heterocycles. The Kier molecular flexibility index (Phi) is 9.30. The first-order chi connectivity index (χ1) is 14.0. The summed E-state index contributed by atoms with van der Waals surface area (Å²) in [6, 6.07) is 12.4. The van der Waals surface area contributed by atoms with Crippen LogP contribution >= 0.6 is 15.9 Å². The van der Waals surface area contributed by atoms with Gasteiger partial charge in [-0.2, -0.15) is 0 Å². The van der Waals surface area contributed by atoms with E-state index < -0.39 is 0 Å². The third kappa shape index (κ3) is 8.03. The summed E-state index contributed by atoms with van der Waals surface area (Å²) < 4.78 is 11.9. The van der Waals surface area contributed by atoms with E-state index >= 15 is 0 Å². The summed E-state index contributed by atoms with van der Waals surface area (Å²) >= 11 is 3.34. The monoisotopic (exact) mass is 463 g/mol. The second kappa shape index (κ2) is 12.0. The van der Waals surface area contributed by atoms with Gasteiger partial charge in [-0.25, -0.2) is 4.79 Å². The van der Waals surface area contributed by atoms with E-state index in [0.717, 1.165) is 16.5 Å². The highest BCUT2D eigenvalue weighted by molar-refractivity contribution is 9.10. The van der Waals surface area contributed by atoms with Crippen LogP contribution < -0.4 is 25.4 Å². The number of halogens is 1. The van der Waals surface area contributed by atoms with Crippen molar-refractivity contribution in [2.45, 2.75) is 26.3 Å². The van der Waals surface area contributed by atoms with Gasteiger partial charge >= 0.3 is 6.03 Å². The van der Waals surface area contributed by atoms with E-state index in [1.165, 1.54) is 0 Å². The number of benzene rings is 2. The van der Waals surface area contributed by atoms with Crippen LogP contribution in [-0.2, 0) is 11.3 Å². The molecule has 0 unspecified atom stereocenters. The van der Waals surface area contributed by atoms with Crippen molar-refractivity contribution in [3.8, 4) is 11.5 Å². The number of methoxy groups -OCH3 is 1. The SMILES string of the molecule is CCCOc1ccc(CNC(=O)CCNC(=O)Nc2ccc(Br)cc2)cc1OC. The lowest BCUT2D eigenvalue weighted by Gasteiger charge is -2.12. The molecule has 0 spiro atoms. The van der Waals surface area contributed by atoms with E-state index in [2.05, 4.69) is 31.9 Å². The van der Waals surface area contributed by atoms with Crippen molar-refractivity contribution in [3.05, 3.63) is 52.5 Å². The number of rotatable bonds is 10. The third-order valence-electron chi connectivity index (χ3n) is 3.92. The van der Waals surface area contributed by atoms with Gasteiger partial charge < -0.3 is 25.4 Å². The minimum Gasteiger partial charge on any atom is -0.493 e. The summed E-state index contributed by atoms with van der Waals surface area (Å²) in [5, 5.41) is 8.20. The molecule has 3 amide bonds. The Bertz CT molecular complexity index is 812. The smallest absolute Gasteiger partial charge is 0.319 e. The number of carbonyl (C=O) groups is 2. The van der Waals surface area contributed by atoms with Crippen LogP contribution in [0.2, 0.25) is 0 Å². The van der Waals surface area contributed by atoms with Gasteiger partial charge in [-0.1, -0.05) is 28.9 Å². The van der Waals surface area contributed by atoms with E-state index in [1.807, 2.05) is 37.3 Å². The molecule has 0 aliphatic rings. The zero-order chi connectivity index (χ0) is 21.1. The third-order valence-corrected chi connectivity index (χ3v) is 4.45. The molecular formula is C21H26BrN3O4. The highest BCUT2D eigenvalue weighted by Gasteiger charge is 2.08. The number of hydrogen-bond acceptors (Lipinski definition) is 4. The Labute approximate surface area is 179 Å². The molecule has 7 nitrogen and oxygen atoms in total. The predicted octanol–water partition coefficient (Wildman–Crippen LogP) is 4.07. The Morgan fingerprint density at radius 3 is 2.48 bits per heavy atom. The zero-order valence-electron chi connectivity index (χ0n) is 16.6. The largest absolute Gasteiger partial charge is 0.493 e. The predicted molar refractivity (Wildman–Crippen MR) is 116 cm³/mol. The number of amides is 3. The Balaban J connectivity index is 1.71. The van der Waals surface area contributed by atoms with Gasteiger partial charge in [-0.15, -0.1) is 0 Å². The summed E-state index contributed by atoms with van der Waals surface area (Å²) in [6.07, 6.45) is 1.10. The summed E-state index contributed by atoms with van der Waals surface area (Å²) in [7, 11) is 1.58. The van der Waals surface area contributed by atoms with Crippen LogP contribution in [0, 0.1) is 0 Å². The second-order valence-electron chi connectivity index (χ2n) is 6.25. The maximum Gasteiger partial charge on any atom is 0.319 e. The molecule has 2 aromatic carbocycles. The molecule has 0 saturated carbocycles. The molecule has 156 valence electrons. The standard InChI is InChI=1S/C21H26BrN3O4/c1-3-12-29-18-9-4-15(13-19(18)28-2)14-24-20(26)10-11-23-21(27)25-17-7-5-16(22)6-8-17/h4-9,13H,3,10-12,14H2,1-2H3,(H,24,26)(H2,23,25,27). The van der Waals surface area contributed by atoms with Gasteiger partial charge in [0.15, 0.2) is 11.5 Å². The first-order valence-corrected chi connectivity index (χ1v) is 10.2. The Morgan fingerprint density at radius 1 is 1.03 bits per heavy atom. The maximum atomic E-state index is 12.0. The van der Waals surface area contributed by atoms with E-state index in [-0.39, 0.29) is 24.9 Å². The van der Waals surface area contributed by atoms with Crippen LogP contribution in [0.15, 0.2) is 46.9 Å². The van der Waals surface area contributed by atoms with E-state index in [0.29, 0.717) is 30.3 Å². The molecule has 3 N–H and O–H groups in total. The van der Waals surface area contributed by atoms with Crippen LogP contribution in [0.25, 0.3) is 0 Å². The lowest BCUT2D eigenvalue weighted by Crippen LogP contribution is -2.33. The van der Waals surface area contributed by atoms with Crippen molar-refractivity contribution in [3.63, 3.8) is 0 Å². The maximum absolute atomic E-state index is 12.0. The van der Waals surface area contributed by atoms with Gasteiger partial charge in [0.05, 0.1) is 13.7 Å². The van der Waals surface area contributed by atoms with Crippen molar-refractivity contribution < 1.29 is 19.1 Å². The second-order valence-corrected chi connectivity index (χ2v) is 7.16. The van der Waals surface area contributed by atoms with Crippen LogP contribution in [0.1, 0.15) is 25.3 Å². The minimum absolute atomic E-state index is 0.154. The number of ether oxygens (including phenoxy) is 2. The molecule has 0 saturated heterocycles. The van der Waals surface area contributed by atoms with Crippen LogP contribution in [-0.4, -0.2) is 32.2 Å². The Hall–Kier alpha value is -2.74. The summed E-state index contributed by atoms with van der Waals surface area (Å²) in [6.45, 7) is 3.26. The molecule has 0 fully saturated rings. The molecule has 2 rings (SSSR count). The van der Waals surface area contributed by atoms with E-state index in [4.69, 9.17) is 9.47 Å². The van der Waals surface area contributed by atoms with Crippen LogP contribution in [0.4, 0.5) is 10.5 Å². The van der Waals surface area contributed by atoms with E-state index in [1.54, 1.807) is 19.2 Å². The lowest BCUT2D eigenvalue weighted by atomic mass is 10.2. The highest BCUT2D eigenvalue weighted by atomic mass is 79.9. The van der Waals surface area contributed by atoms with Crippen molar-refractivity contribution in [2.24, 2.45) is 0 Å². The fourth-order valence-corrected chi connectivity index (χ4v) is 2.70. The molecule has 0 atom stereocenters. The van der Waals surface area contributed by atoms with Gasteiger partial charge in [0.25, 0.3) is 0 Å². The van der Waals surface area contributed by atoms with Gasteiger partial charge in [0.2, 0.25) is 5.91 Å². The molecule has 0 radical (unpaired) electrons. The molecule has 0 bridgehead atoms. The number of hydrogen-bond donors (Lipinski definition) is 3. The molecule has 0 aliphatic heterocycles. The van der Waals surface area contributed by atoms with Crippen LogP contribution in [0.5, 0.6) is 11.5 Å². The highest BCUT2D eigenvalue weighted by Crippen LogP contribution is 2.28. The molecule has 8 heteroatoms. The molecule has 0 aromatic heterocycles. The normalized spacial score (nSPS) is 10.2. The number of nitrogens with one attached hydrogen (secondary N) is 3.